The molecule has 2 saturated heterocycles. The third-order valence-corrected chi connectivity index (χ3v) is 4.58. The van der Waals surface area contributed by atoms with Crippen LogP contribution in [0.5, 0.6) is 0 Å². The van der Waals surface area contributed by atoms with Crippen molar-refractivity contribution in [2.45, 2.75) is 32.6 Å². The van der Waals surface area contributed by atoms with Crippen LogP contribution in [0.4, 0.5) is 0 Å². The molecule has 2 heterocycles. The van der Waals surface area contributed by atoms with Gasteiger partial charge in [-0.15, -0.1) is 0 Å². The van der Waals surface area contributed by atoms with Crippen molar-refractivity contribution in [2.75, 3.05) is 40.0 Å². The van der Waals surface area contributed by atoms with Gasteiger partial charge in [0.2, 0.25) is 5.91 Å². The fourth-order valence-corrected chi connectivity index (χ4v) is 3.30. The minimum Gasteiger partial charge on any atom is -0.384 e. The van der Waals surface area contributed by atoms with Crippen molar-refractivity contribution in [3.8, 4) is 6.07 Å². The molecule has 0 bridgehead atoms. The van der Waals surface area contributed by atoms with Crippen LogP contribution in [0.15, 0.2) is 0 Å². The second kappa shape index (κ2) is 6.11. The predicted octanol–water partition coefficient (Wildman–Crippen LogP) is 1.58. The van der Waals surface area contributed by atoms with E-state index in [9.17, 15) is 10.1 Å². The average molecular weight is 280 g/mol. The summed E-state index contributed by atoms with van der Waals surface area (Å²) in [6.07, 6.45) is 3.18. The molecule has 2 aliphatic rings. The first-order valence-electron chi connectivity index (χ1n) is 7.33. The van der Waals surface area contributed by atoms with Gasteiger partial charge in [0, 0.05) is 33.4 Å². The largest absolute Gasteiger partial charge is 0.384 e. The van der Waals surface area contributed by atoms with E-state index in [1.165, 1.54) is 0 Å². The lowest BCUT2D eigenvalue weighted by Crippen LogP contribution is -2.53. The van der Waals surface area contributed by atoms with Gasteiger partial charge in [0.05, 0.1) is 23.5 Å². The Morgan fingerprint density at radius 1 is 1.40 bits per heavy atom. The molecule has 2 rings (SSSR count). The number of rotatable bonds is 3. The fourth-order valence-electron chi connectivity index (χ4n) is 3.30. The molecule has 112 valence electrons. The minimum atomic E-state index is -0.458. The molecule has 0 radical (unpaired) electrons. The molecular formula is C15H24N2O3. The molecule has 5 heteroatoms. The van der Waals surface area contributed by atoms with E-state index in [2.05, 4.69) is 6.07 Å². The van der Waals surface area contributed by atoms with Crippen molar-refractivity contribution >= 4 is 5.91 Å². The van der Waals surface area contributed by atoms with E-state index in [1.54, 1.807) is 7.11 Å². The van der Waals surface area contributed by atoms with Gasteiger partial charge in [-0.3, -0.25) is 4.79 Å². The summed E-state index contributed by atoms with van der Waals surface area (Å²) in [5.74, 6) is 0.142. The molecule has 0 spiro atoms. The van der Waals surface area contributed by atoms with Crippen molar-refractivity contribution in [1.82, 2.24) is 4.90 Å². The van der Waals surface area contributed by atoms with E-state index in [-0.39, 0.29) is 5.91 Å². The van der Waals surface area contributed by atoms with Gasteiger partial charge in [-0.25, -0.2) is 0 Å². The number of piperidine rings is 1. The molecule has 0 aromatic carbocycles. The van der Waals surface area contributed by atoms with Crippen molar-refractivity contribution in [3.05, 3.63) is 0 Å². The maximum atomic E-state index is 12.9. The molecule has 20 heavy (non-hydrogen) atoms. The Balaban J connectivity index is 2.13. The highest BCUT2D eigenvalue weighted by Gasteiger charge is 2.45. The van der Waals surface area contributed by atoms with E-state index in [0.717, 1.165) is 19.4 Å². The number of carbonyl (C=O) groups excluding carboxylic acids is 1. The lowest BCUT2D eigenvalue weighted by Gasteiger charge is -2.43. The maximum absolute atomic E-state index is 12.9. The van der Waals surface area contributed by atoms with E-state index < -0.39 is 10.8 Å². The van der Waals surface area contributed by atoms with Crippen molar-refractivity contribution in [1.29, 1.82) is 5.26 Å². The quantitative estimate of drug-likeness (QED) is 0.787. The average Bonchev–Trinajstić information content (AvgIpc) is 2.48. The zero-order valence-electron chi connectivity index (χ0n) is 12.5. The Morgan fingerprint density at radius 2 is 2.10 bits per heavy atom. The molecule has 1 amide bonds. The van der Waals surface area contributed by atoms with Crippen LogP contribution in [-0.2, 0) is 14.3 Å². The zero-order chi connectivity index (χ0) is 14.6. The van der Waals surface area contributed by atoms with Crippen LogP contribution in [0, 0.1) is 22.2 Å². The Kier molecular flexibility index (Phi) is 4.66. The summed E-state index contributed by atoms with van der Waals surface area (Å²) in [6, 6.07) is 2.36. The fraction of sp³-hybridized carbons (Fsp3) is 0.867. The second-order valence-electron chi connectivity index (χ2n) is 6.33. The summed E-state index contributed by atoms with van der Waals surface area (Å²) < 4.78 is 10.7. The normalized spacial score (nSPS) is 29.8. The number of ether oxygens (including phenoxy) is 2. The Bertz CT molecular complexity index is 393. The van der Waals surface area contributed by atoms with Crippen LogP contribution in [0.25, 0.3) is 0 Å². The minimum absolute atomic E-state index is 0.142. The summed E-state index contributed by atoms with van der Waals surface area (Å²) in [5.41, 5.74) is -0.867. The van der Waals surface area contributed by atoms with Crippen LogP contribution < -0.4 is 0 Å². The first-order chi connectivity index (χ1) is 9.55. The maximum Gasteiger partial charge on any atom is 0.231 e. The van der Waals surface area contributed by atoms with Gasteiger partial charge in [-0.2, -0.15) is 5.26 Å². The van der Waals surface area contributed by atoms with Crippen molar-refractivity contribution < 1.29 is 14.3 Å². The molecule has 0 N–H and O–H groups in total. The summed E-state index contributed by atoms with van der Waals surface area (Å²) in [5, 5.41) is 9.30. The summed E-state index contributed by atoms with van der Waals surface area (Å²) >= 11 is 0. The van der Waals surface area contributed by atoms with E-state index in [4.69, 9.17) is 9.47 Å². The monoisotopic (exact) mass is 280 g/mol. The Labute approximate surface area is 120 Å². The highest BCUT2D eigenvalue weighted by atomic mass is 16.5. The smallest absolute Gasteiger partial charge is 0.231 e. The third-order valence-electron chi connectivity index (χ3n) is 4.58. The van der Waals surface area contributed by atoms with Crippen LogP contribution >= 0.6 is 0 Å². The number of methoxy groups -OCH3 is 1. The number of nitriles is 1. The predicted molar refractivity (Wildman–Crippen MR) is 73.9 cm³/mol. The number of nitrogens with zero attached hydrogens (tertiary/aromatic N) is 2. The number of hydrogen-bond donors (Lipinski definition) is 0. The first kappa shape index (κ1) is 15.3. The SMILES string of the molecule is COCC1(C(=O)N2CCCC(C)(C#N)C2)CCOCC1. The zero-order valence-corrected chi connectivity index (χ0v) is 12.5. The molecule has 1 atom stereocenters. The van der Waals surface area contributed by atoms with Gasteiger partial charge >= 0.3 is 0 Å². The van der Waals surface area contributed by atoms with Crippen LogP contribution in [0.2, 0.25) is 0 Å². The van der Waals surface area contributed by atoms with Crippen molar-refractivity contribution in [2.24, 2.45) is 10.8 Å². The molecular weight excluding hydrogens is 256 g/mol. The molecule has 0 aromatic rings. The Hall–Kier alpha value is -1.12. The Morgan fingerprint density at radius 3 is 2.70 bits per heavy atom. The third kappa shape index (κ3) is 2.97. The molecule has 1 unspecified atom stereocenters. The van der Waals surface area contributed by atoms with E-state index in [1.807, 2.05) is 11.8 Å². The second-order valence-corrected chi connectivity index (χ2v) is 6.33. The van der Waals surface area contributed by atoms with Crippen LogP contribution in [-0.4, -0.2) is 50.8 Å². The lowest BCUT2D eigenvalue weighted by atomic mass is 9.77. The number of hydrogen-bond acceptors (Lipinski definition) is 4. The molecule has 0 aromatic heterocycles. The van der Waals surface area contributed by atoms with Gasteiger partial charge in [0.25, 0.3) is 0 Å². The van der Waals surface area contributed by atoms with Crippen LogP contribution in [0.3, 0.4) is 0 Å². The van der Waals surface area contributed by atoms with Gasteiger partial charge in [0.1, 0.15) is 0 Å². The molecule has 0 aliphatic carbocycles. The van der Waals surface area contributed by atoms with E-state index >= 15 is 0 Å². The molecule has 0 saturated carbocycles. The molecule has 2 aliphatic heterocycles. The summed E-state index contributed by atoms with van der Waals surface area (Å²) in [4.78, 5) is 14.8. The topological polar surface area (TPSA) is 62.6 Å². The van der Waals surface area contributed by atoms with Gasteiger partial charge in [-0.05, 0) is 32.6 Å². The van der Waals surface area contributed by atoms with Gasteiger partial charge in [-0.1, -0.05) is 0 Å². The summed E-state index contributed by atoms with van der Waals surface area (Å²) in [7, 11) is 1.64. The first-order valence-corrected chi connectivity index (χ1v) is 7.33. The number of likely N-dealkylation sites (tertiary alicyclic amines) is 1. The van der Waals surface area contributed by atoms with Gasteiger partial charge in [0.15, 0.2) is 0 Å². The highest BCUT2D eigenvalue weighted by molar-refractivity contribution is 5.83. The molecule has 2 fully saturated rings. The highest BCUT2D eigenvalue weighted by Crippen LogP contribution is 2.36. The van der Waals surface area contributed by atoms with Crippen molar-refractivity contribution in [3.63, 3.8) is 0 Å². The lowest BCUT2D eigenvalue weighted by molar-refractivity contribution is -0.155. The summed E-state index contributed by atoms with van der Waals surface area (Å²) in [6.45, 7) is 4.89. The molecule has 5 nitrogen and oxygen atoms in total. The standard InChI is InChI=1S/C15H24N2O3/c1-14(10-16)4-3-7-17(11-14)13(18)15(12-19-2)5-8-20-9-6-15/h3-9,11-12H2,1-2H3. The number of carbonyl (C=O) groups is 1. The van der Waals surface area contributed by atoms with Gasteiger partial charge < -0.3 is 14.4 Å². The van der Waals surface area contributed by atoms with E-state index in [0.29, 0.717) is 39.2 Å². The number of amides is 1. The van der Waals surface area contributed by atoms with Crippen LogP contribution in [0.1, 0.15) is 32.6 Å².